The second-order valence-corrected chi connectivity index (χ2v) is 7.73. The minimum absolute atomic E-state index is 0.0652. The Morgan fingerprint density at radius 1 is 1.19 bits per heavy atom. The molecular weight excluding hydrogens is 410 g/mol. The van der Waals surface area contributed by atoms with E-state index in [9.17, 15) is 14.7 Å². The van der Waals surface area contributed by atoms with Gasteiger partial charge in [0.2, 0.25) is 0 Å². The fourth-order valence-corrected chi connectivity index (χ4v) is 4.12. The van der Waals surface area contributed by atoms with E-state index in [1.54, 1.807) is 57.7 Å². The summed E-state index contributed by atoms with van der Waals surface area (Å²) in [7, 11) is 1.57. The molecule has 0 saturated carbocycles. The number of H-pyrrole nitrogens is 1. The van der Waals surface area contributed by atoms with E-state index in [2.05, 4.69) is 15.2 Å². The van der Waals surface area contributed by atoms with Crippen molar-refractivity contribution < 1.29 is 19.4 Å². The Bertz CT molecular complexity index is 1140. The molecule has 2 N–H and O–H groups in total. The number of nitrogens with zero attached hydrogens (tertiary/aromatic N) is 4. The Balaban J connectivity index is 1.75. The van der Waals surface area contributed by atoms with Crippen LogP contribution in [0.15, 0.2) is 48.6 Å². The minimum Gasteiger partial charge on any atom is -0.507 e. The molecule has 166 valence electrons. The highest BCUT2D eigenvalue weighted by Crippen LogP contribution is 2.40. The lowest BCUT2D eigenvalue weighted by Gasteiger charge is -2.25. The van der Waals surface area contributed by atoms with E-state index in [1.807, 2.05) is 10.8 Å². The predicted octanol–water partition coefficient (Wildman–Crippen LogP) is 2.74. The number of aliphatic hydroxyl groups is 1. The summed E-state index contributed by atoms with van der Waals surface area (Å²) in [5.74, 6) is -0.889. The van der Waals surface area contributed by atoms with Crippen LogP contribution in [-0.4, -0.2) is 55.1 Å². The number of carbonyl (C=O) groups excluding carboxylic acids is 2. The number of aliphatic hydroxyl groups excluding tert-OH is 1. The van der Waals surface area contributed by atoms with Gasteiger partial charge in [-0.05, 0) is 38.0 Å². The van der Waals surface area contributed by atoms with Gasteiger partial charge in [0.15, 0.2) is 0 Å². The molecule has 0 spiro atoms. The molecule has 32 heavy (non-hydrogen) atoms. The van der Waals surface area contributed by atoms with Crippen LogP contribution in [0.2, 0.25) is 0 Å². The molecule has 1 aliphatic heterocycles. The van der Waals surface area contributed by atoms with E-state index < -0.39 is 17.7 Å². The Labute approximate surface area is 185 Å². The standard InChI is InChI=1S/C23H25N5O4/c1-14-18(15(2)26-25-14)21(29)19-20(16-5-7-17(32-3)8-6-16)28(23(31)22(19)30)11-4-10-27-12-9-24-13-27/h5-9,12-13,20,29H,4,10-11H2,1-3H3,(H,25,26)/t20-/m0/s1. The van der Waals surface area contributed by atoms with Crippen LogP contribution in [0.25, 0.3) is 5.76 Å². The lowest BCUT2D eigenvalue weighted by atomic mass is 9.94. The van der Waals surface area contributed by atoms with Gasteiger partial charge >= 0.3 is 0 Å². The van der Waals surface area contributed by atoms with Gasteiger partial charge < -0.3 is 19.3 Å². The first-order valence-corrected chi connectivity index (χ1v) is 10.3. The van der Waals surface area contributed by atoms with Crippen LogP contribution in [0.3, 0.4) is 0 Å². The highest BCUT2D eigenvalue weighted by Gasteiger charge is 2.46. The quantitative estimate of drug-likeness (QED) is 0.335. The number of likely N-dealkylation sites (tertiary alicyclic amines) is 1. The highest BCUT2D eigenvalue weighted by atomic mass is 16.5. The first kappa shape index (κ1) is 21.4. The number of carbonyl (C=O) groups is 2. The molecule has 0 radical (unpaired) electrons. The maximum absolute atomic E-state index is 13.1. The van der Waals surface area contributed by atoms with Crippen molar-refractivity contribution in [2.45, 2.75) is 32.9 Å². The first-order valence-electron chi connectivity index (χ1n) is 10.3. The van der Waals surface area contributed by atoms with Crippen molar-refractivity contribution in [3.05, 3.63) is 71.1 Å². The van der Waals surface area contributed by atoms with Gasteiger partial charge in [0.1, 0.15) is 11.5 Å². The summed E-state index contributed by atoms with van der Waals surface area (Å²) in [5.41, 5.74) is 2.41. The van der Waals surface area contributed by atoms with Crippen LogP contribution < -0.4 is 4.74 Å². The fraction of sp³-hybridized carbons (Fsp3) is 0.304. The van der Waals surface area contributed by atoms with Crippen LogP contribution >= 0.6 is 0 Å². The van der Waals surface area contributed by atoms with E-state index in [1.165, 1.54) is 4.90 Å². The zero-order valence-electron chi connectivity index (χ0n) is 18.2. The number of ether oxygens (including phenoxy) is 1. The Hall–Kier alpha value is -3.88. The van der Waals surface area contributed by atoms with Gasteiger partial charge in [0, 0.05) is 31.2 Å². The number of hydrogen-bond acceptors (Lipinski definition) is 6. The van der Waals surface area contributed by atoms with Gasteiger partial charge in [-0.1, -0.05) is 12.1 Å². The molecule has 9 nitrogen and oxygen atoms in total. The lowest BCUT2D eigenvalue weighted by molar-refractivity contribution is -0.139. The van der Waals surface area contributed by atoms with E-state index in [0.29, 0.717) is 47.8 Å². The smallest absolute Gasteiger partial charge is 0.295 e. The van der Waals surface area contributed by atoms with E-state index in [4.69, 9.17) is 4.74 Å². The molecule has 9 heteroatoms. The molecule has 1 amide bonds. The molecular formula is C23H25N5O4. The Morgan fingerprint density at radius 2 is 1.94 bits per heavy atom. The average molecular weight is 435 g/mol. The number of aromatic amines is 1. The number of benzene rings is 1. The monoisotopic (exact) mass is 435 g/mol. The van der Waals surface area contributed by atoms with Gasteiger partial charge in [-0.3, -0.25) is 14.7 Å². The van der Waals surface area contributed by atoms with Crippen LogP contribution in [0.4, 0.5) is 0 Å². The minimum atomic E-state index is -0.711. The fourth-order valence-electron chi connectivity index (χ4n) is 4.12. The van der Waals surface area contributed by atoms with Gasteiger partial charge in [-0.25, -0.2) is 4.98 Å². The number of nitrogens with one attached hydrogen (secondary N) is 1. The molecule has 1 saturated heterocycles. The van der Waals surface area contributed by atoms with Gasteiger partial charge in [-0.15, -0.1) is 0 Å². The Kier molecular flexibility index (Phi) is 5.81. The topological polar surface area (TPSA) is 113 Å². The first-order chi connectivity index (χ1) is 15.4. The SMILES string of the molecule is COc1ccc([C@H]2C(=C(O)c3c(C)n[nH]c3C)C(=O)C(=O)N2CCCn2ccnc2)cc1. The second kappa shape index (κ2) is 8.70. The van der Waals surface area contributed by atoms with E-state index >= 15 is 0 Å². The van der Waals surface area contributed by atoms with Crippen molar-refractivity contribution in [2.24, 2.45) is 0 Å². The molecule has 1 aliphatic rings. The van der Waals surface area contributed by atoms with Crippen molar-refractivity contribution in [1.82, 2.24) is 24.6 Å². The van der Waals surface area contributed by atoms with Crippen molar-refractivity contribution in [3.8, 4) is 5.75 Å². The highest BCUT2D eigenvalue weighted by molar-refractivity contribution is 6.46. The summed E-state index contributed by atoms with van der Waals surface area (Å²) in [5, 5.41) is 18.1. The molecule has 0 aliphatic carbocycles. The molecule has 0 bridgehead atoms. The van der Waals surface area contributed by atoms with E-state index in [-0.39, 0.29) is 11.3 Å². The predicted molar refractivity (Wildman–Crippen MR) is 117 cm³/mol. The molecule has 3 heterocycles. The third kappa shape index (κ3) is 3.77. The largest absolute Gasteiger partial charge is 0.507 e. The number of ketones is 1. The van der Waals surface area contributed by atoms with Crippen LogP contribution in [0.5, 0.6) is 5.75 Å². The second-order valence-electron chi connectivity index (χ2n) is 7.73. The van der Waals surface area contributed by atoms with Gasteiger partial charge in [-0.2, -0.15) is 5.10 Å². The summed E-state index contributed by atoms with van der Waals surface area (Å²) in [6.07, 6.45) is 5.87. The summed E-state index contributed by atoms with van der Waals surface area (Å²) in [4.78, 5) is 31.7. The van der Waals surface area contributed by atoms with Crippen molar-refractivity contribution in [3.63, 3.8) is 0 Å². The molecule has 1 fully saturated rings. The van der Waals surface area contributed by atoms with Crippen LogP contribution in [0.1, 0.15) is 35.0 Å². The van der Waals surface area contributed by atoms with Crippen molar-refractivity contribution >= 4 is 17.4 Å². The number of methoxy groups -OCH3 is 1. The maximum Gasteiger partial charge on any atom is 0.295 e. The van der Waals surface area contributed by atoms with Crippen molar-refractivity contribution in [1.29, 1.82) is 0 Å². The summed E-state index contributed by atoms with van der Waals surface area (Å²) >= 11 is 0. The normalized spacial score (nSPS) is 17.8. The molecule has 3 aromatic rings. The zero-order valence-corrected chi connectivity index (χ0v) is 18.2. The van der Waals surface area contributed by atoms with E-state index in [0.717, 1.165) is 0 Å². The molecule has 2 aromatic heterocycles. The summed E-state index contributed by atoms with van der Waals surface area (Å²) in [6.45, 7) is 4.50. The third-order valence-corrected chi connectivity index (χ3v) is 5.71. The number of aromatic nitrogens is 4. The number of aryl methyl sites for hydroxylation is 3. The van der Waals surface area contributed by atoms with Gasteiger partial charge in [0.05, 0.1) is 36.3 Å². The average Bonchev–Trinajstić information content (AvgIpc) is 3.49. The lowest BCUT2D eigenvalue weighted by Crippen LogP contribution is -2.31. The molecule has 0 unspecified atom stereocenters. The van der Waals surface area contributed by atoms with Crippen LogP contribution in [0, 0.1) is 13.8 Å². The zero-order chi connectivity index (χ0) is 22.8. The molecule has 1 atom stereocenters. The number of hydrogen-bond donors (Lipinski definition) is 2. The van der Waals surface area contributed by atoms with Gasteiger partial charge in [0.25, 0.3) is 11.7 Å². The molecule has 1 aromatic carbocycles. The summed E-state index contributed by atoms with van der Waals surface area (Å²) in [6, 6.07) is 6.45. The third-order valence-electron chi connectivity index (χ3n) is 5.71. The number of Topliss-reactive ketones (excluding diaryl/α,β-unsaturated/α-hetero) is 1. The Morgan fingerprint density at radius 3 is 2.53 bits per heavy atom. The number of amides is 1. The molecule has 4 rings (SSSR count). The van der Waals surface area contributed by atoms with Crippen molar-refractivity contribution in [2.75, 3.05) is 13.7 Å². The maximum atomic E-state index is 13.1. The number of imidazole rings is 1. The summed E-state index contributed by atoms with van der Waals surface area (Å²) < 4.78 is 7.16. The van der Waals surface area contributed by atoms with Crippen LogP contribution in [-0.2, 0) is 16.1 Å². The number of rotatable bonds is 7.